The van der Waals surface area contributed by atoms with Crippen LogP contribution in [0.1, 0.15) is 23.2 Å². The molecule has 0 saturated carbocycles. The first-order chi connectivity index (χ1) is 12.1. The third-order valence-corrected chi connectivity index (χ3v) is 4.86. The standard InChI is InChI=1S/C20H22ClFN2O.ClH/c21-17-5-9-19(10-6-17)24-14-12-23(13-15-24)11-1-2-20(25)16-3-7-18(22)8-4-16;/h3-10H,1-2,11-15H2;1H. The highest BCUT2D eigenvalue weighted by molar-refractivity contribution is 6.30. The van der Waals surface area contributed by atoms with Gasteiger partial charge in [0.1, 0.15) is 5.82 Å². The number of Topliss-reactive ketones (excluding diaryl/α,β-unsaturated/α-hetero) is 1. The van der Waals surface area contributed by atoms with Crippen molar-refractivity contribution in [3.8, 4) is 0 Å². The van der Waals surface area contributed by atoms with E-state index in [0.717, 1.165) is 44.2 Å². The fraction of sp³-hybridized carbons (Fsp3) is 0.350. The molecule has 26 heavy (non-hydrogen) atoms. The van der Waals surface area contributed by atoms with E-state index in [1.54, 1.807) is 12.1 Å². The number of benzene rings is 2. The molecule has 2 aromatic carbocycles. The molecule has 0 aromatic heterocycles. The third kappa shape index (κ3) is 5.70. The fourth-order valence-electron chi connectivity index (χ4n) is 3.12. The number of nitrogens with zero attached hydrogens (tertiary/aromatic N) is 2. The molecule has 0 unspecified atom stereocenters. The maximum atomic E-state index is 12.9. The van der Waals surface area contributed by atoms with Crippen molar-refractivity contribution in [3.63, 3.8) is 0 Å². The molecule has 0 amide bonds. The number of halogens is 3. The Morgan fingerprint density at radius 3 is 2.19 bits per heavy atom. The summed E-state index contributed by atoms with van der Waals surface area (Å²) in [4.78, 5) is 16.9. The van der Waals surface area contributed by atoms with Gasteiger partial charge < -0.3 is 4.90 Å². The predicted octanol–water partition coefficient (Wildman–Crippen LogP) is 4.69. The molecule has 1 saturated heterocycles. The van der Waals surface area contributed by atoms with Gasteiger partial charge in [-0.3, -0.25) is 9.69 Å². The van der Waals surface area contributed by atoms with E-state index in [2.05, 4.69) is 21.9 Å². The minimum atomic E-state index is -0.310. The zero-order valence-electron chi connectivity index (χ0n) is 14.5. The van der Waals surface area contributed by atoms with E-state index in [1.165, 1.54) is 17.8 Å². The minimum absolute atomic E-state index is 0. The monoisotopic (exact) mass is 396 g/mol. The highest BCUT2D eigenvalue weighted by Gasteiger charge is 2.17. The van der Waals surface area contributed by atoms with Crippen molar-refractivity contribution < 1.29 is 9.18 Å². The summed E-state index contributed by atoms with van der Waals surface area (Å²) in [5.74, 6) is -0.227. The van der Waals surface area contributed by atoms with Crippen molar-refractivity contribution in [2.45, 2.75) is 12.8 Å². The molecule has 0 aliphatic carbocycles. The van der Waals surface area contributed by atoms with Crippen LogP contribution in [0.15, 0.2) is 48.5 Å². The Labute approximate surface area is 165 Å². The summed E-state index contributed by atoms with van der Waals surface area (Å²) in [6.07, 6.45) is 1.33. The van der Waals surface area contributed by atoms with Crippen LogP contribution in [0.5, 0.6) is 0 Å². The Hall–Kier alpha value is -1.62. The topological polar surface area (TPSA) is 23.6 Å². The van der Waals surface area contributed by atoms with Crippen molar-refractivity contribution in [2.75, 3.05) is 37.6 Å². The summed E-state index contributed by atoms with van der Waals surface area (Å²) >= 11 is 5.94. The van der Waals surface area contributed by atoms with Gasteiger partial charge in [-0.05, 0) is 61.5 Å². The smallest absolute Gasteiger partial charge is 0.162 e. The fourth-order valence-corrected chi connectivity index (χ4v) is 3.25. The predicted molar refractivity (Wildman–Crippen MR) is 107 cm³/mol. The number of anilines is 1. The lowest BCUT2D eigenvalue weighted by atomic mass is 10.1. The maximum Gasteiger partial charge on any atom is 0.162 e. The Bertz CT molecular complexity index is 699. The maximum absolute atomic E-state index is 12.9. The van der Waals surface area contributed by atoms with Crippen LogP contribution < -0.4 is 4.90 Å². The summed E-state index contributed by atoms with van der Waals surface area (Å²) < 4.78 is 12.9. The largest absolute Gasteiger partial charge is 0.369 e. The minimum Gasteiger partial charge on any atom is -0.369 e. The van der Waals surface area contributed by atoms with E-state index in [-0.39, 0.29) is 24.0 Å². The summed E-state index contributed by atoms with van der Waals surface area (Å²) in [7, 11) is 0. The Balaban J connectivity index is 0.00000243. The van der Waals surface area contributed by atoms with Gasteiger partial charge in [0.25, 0.3) is 0 Å². The van der Waals surface area contributed by atoms with Crippen molar-refractivity contribution in [2.24, 2.45) is 0 Å². The van der Waals surface area contributed by atoms with Gasteiger partial charge in [-0.15, -0.1) is 12.4 Å². The van der Waals surface area contributed by atoms with Crippen LogP contribution in [0, 0.1) is 5.82 Å². The summed E-state index contributed by atoms with van der Waals surface area (Å²) in [5, 5.41) is 0.758. The molecule has 3 nitrogen and oxygen atoms in total. The number of piperazine rings is 1. The lowest BCUT2D eigenvalue weighted by Gasteiger charge is -2.36. The number of carbonyl (C=O) groups is 1. The molecule has 0 radical (unpaired) electrons. The van der Waals surface area contributed by atoms with Gasteiger partial charge in [-0.1, -0.05) is 11.6 Å². The van der Waals surface area contributed by atoms with E-state index in [4.69, 9.17) is 11.6 Å². The molecule has 0 spiro atoms. The van der Waals surface area contributed by atoms with Gasteiger partial charge in [0.05, 0.1) is 0 Å². The van der Waals surface area contributed by atoms with Gasteiger partial charge in [-0.25, -0.2) is 4.39 Å². The highest BCUT2D eigenvalue weighted by Crippen LogP contribution is 2.19. The first-order valence-corrected chi connectivity index (χ1v) is 9.01. The molecule has 3 rings (SSSR count). The van der Waals surface area contributed by atoms with Gasteiger partial charge >= 0.3 is 0 Å². The number of hydrogen-bond donors (Lipinski definition) is 0. The molecule has 1 aliphatic rings. The van der Waals surface area contributed by atoms with E-state index < -0.39 is 0 Å². The Kier molecular flexibility index (Phi) is 7.88. The SMILES string of the molecule is Cl.O=C(CCCN1CCN(c2ccc(Cl)cc2)CC1)c1ccc(F)cc1. The van der Waals surface area contributed by atoms with Crippen LogP contribution in [0.25, 0.3) is 0 Å². The Morgan fingerprint density at radius 2 is 1.58 bits per heavy atom. The quantitative estimate of drug-likeness (QED) is 0.661. The van der Waals surface area contributed by atoms with Gasteiger partial charge in [-0.2, -0.15) is 0 Å². The van der Waals surface area contributed by atoms with Crippen molar-refractivity contribution in [3.05, 3.63) is 64.9 Å². The second kappa shape index (κ2) is 9.91. The molecule has 1 aliphatic heterocycles. The molecule has 2 aromatic rings. The van der Waals surface area contributed by atoms with Crippen LogP contribution >= 0.6 is 24.0 Å². The first-order valence-electron chi connectivity index (χ1n) is 8.63. The van der Waals surface area contributed by atoms with E-state index in [1.807, 2.05) is 12.1 Å². The number of ketones is 1. The molecule has 0 atom stereocenters. The van der Waals surface area contributed by atoms with E-state index in [9.17, 15) is 9.18 Å². The third-order valence-electron chi connectivity index (χ3n) is 4.61. The molecule has 6 heteroatoms. The number of hydrogen-bond acceptors (Lipinski definition) is 3. The highest BCUT2D eigenvalue weighted by atomic mass is 35.5. The van der Waals surface area contributed by atoms with Gasteiger partial charge in [0.2, 0.25) is 0 Å². The normalized spacial score (nSPS) is 14.8. The summed E-state index contributed by atoms with van der Waals surface area (Å²) in [6, 6.07) is 13.7. The summed E-state index contributed by atoms with van der Waals surface area (Å²) in [5.41, 5.74) is 1.80. The molecule has 1 heterocycles. The van der Waals surface area contributed by atoms with Crippen LogP contribution in [-0.4, -0.2) is 43.4 Å². The zero-order chi connectivity index (χ0) is 17.6. The molecule has 0 N–H and O–H groups in total. The first kappa shape index (κ1) is 20.7. The average molecular weight is 397 g/mol. The molecule has 1 fully saturated rings. The summed E-state index contributed by atoms with van der Waals surface area (Å²) in [6.45, 7) is 4.86. The van der Waals surface area contributed by atoms with E-state index in [0.29, 0.717) is 12.0 Å². The van der Waals surface area contributed by atoms with Crippen molar-refractivity contribution in [1.29, 1.82) is 0 Å². The van der Waals surface area contributed by atoms with Crippen molar-refractivity contribution >= 4 is 35.5 Å². The second-order valence-electron chi connectivity index (χ2n) is 6.34. The van der Waals surface area contributed by atoms with Gasteiger partial charge in [0.15, 0.2) is 5.78 Å². The van der Waals surface area contributed by atoms with Crippen LogP contribution in [0.2, 0.25) is 5.02 Å². The second-order valence-corrected chi connectivity index (χ2v) is 6.78. The lowest BCUT2D eigenvalue weighted by Crippen LogP contribution is -2.46. The number of rotatable bonds is 6. The zero-order valence-corrected chi connectivity index (χ0v) is 16.1. The van der Waals surface area contributed by atoms with Crippen LogP contribution in [-0.2, 0) is 0 Å². The molecular formula is C20H23Cl2FN2O. The molecule has 140 valence electrons. The van der Waals surface area contributed by atoms with Gasteiger partial charge in [0, 0.05) is 48.9 Å². The lowest BCUT2D eigenvalue weighted by molar-refractivity contribution is 0.0974. The van der Waals surface area contributed by atoms with Crippen LogP contribution in [0.4, 0.5) is 10.1 Å². The molecular weight excluding hydrogens is 374 g/mol. The molecule has 0 bridgehead atoms. The van der Waals surface area contributed by atoms with E-state index >= 15 is 0 Å². The number of carbonyl (C=O) groups excluding carboxylic acids is 1. The average Bonchev–Trinajstić information content (AvgIpc) is 2.63. The Morgan fingerprint density at radius 1 is 0.962 bits per heavy atom. The van der Waals surface area contributed by atoms with Crippen LogP contribution in [0.3, 0.4) is 0 Å². The van der Waals surface area contributed by atoms with Crippen molar-refractivity contribution in [1.82, 2.24) is 4.90 Å².